The number of Topliss-reactive ketones (excluding diaryl/α,β-unsaturated/α-hetero) is 2. The molecule has 4 aliphatic rings. The molecule has 2 N–H and O–H groups in total. The van der Waals surface area contributed by atoms with E-state index in [2.05, 4.69) is 20.8 Å². The van der Waals surface area contributed by atoms with E-state index in [9.17, 15) is 38.4 Å². The summed E-state index contributed by atoms with van der Waals surface area (Å²) in [5.41, 5.74) is 4.12. The van der Waals surface area contributed by atoms with Crippen LogP contribution in [0.25, 0.3) is 0 Å². The number of ketones is 2. The Balaban J connectivity index is 1.99. The van der Waals surface area contributed by atoms with Crippen molar-refractivity contribution in [3.8, 4) is 0 Å². The maximum atomic E-state index is 12.7. The van der Waals surface area contributed by atoms with Gasteiger partial charge in [-0.05, 0) is 88.1 Å². The first-order valence-corrected chi connectivity index (χ1v) is 13.1. The first-order valence-electron chi connectivity index (χ1n) is 13.1. The lowest BCUT2D eigenvalue weighted by atomic mass is 9.98. The average Bonchev–Trinajstić information content (AvgIpc) is 3.00. The van der Waals surface area contributed by atoms with Crippen LogP contribution in [0.5, 0.6) is 0 Å². The van der Waals surface area contributed by atoms with Gasteiger partial charge in [0.15, 0.2) is 11.6 Å². The molecule has 2 aromatic carbocycles. The summed E-state index contributed by atoms with van der Waals surface area (Å²) < 4.78 is 0. The van der Waals surface area contributed by atoms with Gasteiger partial charge in [-0.1, -0.05) is 0 Å². The number of rotatable bonds is 2. The molecule has 0 aromatic heterocycles. The van der Waals surface area contributed by atoms with E-state index in [0.29, 0.717) is 0 Å². The molecule has 0 fully saturated rings. The van der Waals surface area contributed by atoms with Crippen LogP contribution in [0.3, 0.4) is 0 Å². The third-order valence-corrected chi connectivity index (χ3v) is 6.78. The third kappa shape index (κ3) is 7.65. The Labute approximate surface area is 259 Å². The second-order valence-corrected chi connectivity index (χ2v) is 9.71. The normalized spacial score (nSPS) is 18.2. The van der Waals surface area contributed by atoms with Crippen molar-refractivity contribution < 1.29 is 57.7 Å². The lowest BCUT2D eigenvalue weighted by Crippen LogP contribution is -2.39. The Kier molecular flexibility index (Phi) is 10.8. The fourth-order valence-corrected chi connectivity index (χ4v) is 3.89. The predicted octanol–water partition coefficient (Wildman–Crippen LogP) is 1.97. The highest BCUT2D eigenvalue weighted by atomic mass is 16.7. The molecule has 46 heavy (non-hydrogen) atoms. The summed E-state index contributed by atoms with van der Waals surface area (Å²) in [6, 6.07) is 0.957. The first-order chi connectivity index (χ1) is 21.6. The van der Waals surface area contributed by atoms with Crippen molar-refractivity contribution in [2.24, 2.45) is 20.8 Å². The van der Waals surface area contributed by atoms with Crippen LogP contribution in [0.2, 0.25) is 0 Å². The molecule has 0 saturated heterocycles. The van der Waals surface area contributed by atoms with Gasteiger partial charge < -0.3 is 9.68 Å². The number of benzene rings is 2. The monoisotopic (exact) mass is 638 g/mol. The molecule has 0 spiro atoms. The van der Waals surface area contributed by atoms with Crippen molar-refractivity contribution in [3.05, 3.63) is 68.8 Å². The second kappa shape index (κ2) is 14.5. The summed E-state index contributed by atoms with van der Waals surface area (Å²) in [4.78, 5) is 119. The van der Waals surface area contributed by atoms with Crippen molar-refractivity contribution in [1.82, 2.24) is 11.0 Å². The Morgan fingerprint density at radius 2 is 0.826 bits per heavy atom. The van der Waals surface area contributed by atoms with Crippen LogP contribution in [0.1, 0.15) is 77.5 Å². The third-order valence-electron chi connectivity index (χ3n) is 6.78. The van der Waals surface area contributed by atoms with Gasteiger partial charge in [-0.25, -0.2) is 19.2 Å². The molecular formula is C28H26N6O12. The molecule has 0 aliphatic carbocycles. The first kappa shape index (κ1) is 34.3. The minimum atomic E-state index is -1.87. The number of nitrogens with zero attached hydrogens (tertiary/aromatic N) is 4. The van der Waals surface area contributed by atoms with Gasteiger partial charge in [-0.3, -0.25) is 28.9 Å². The average molecular weight is 639 g/mol. The van der Waals surface area contributed by atoms with Crippen LogP contribution >= 0.6 is 0 Å². The van der Waals surface area contributed by atoms with Crippen LogP contribution < -0.4 is 11.0 Å². The van der Waals surface area contributed by atoms with Crippen LogP contribution in [0, 0.1) is 27.7 Å². The molecule has 4 bridgehead atoms. The summed E-state index contributed by atoms with van der Waals surface area (Å²) in [5, 5.41) is 13.2. The van der Waals surface area contributed by atoms with Crippen molar-refractivity contribution in [2.45, 2.75) is 53.6 Å². The van der Waals surface area contributed by atoms with Crippen LogP contribution in [0.15, 0.2) is 45.0 Å². The SMILES string of the molecule is CC(=O)C1N=NOC(=O)c2ccc(c(C)c2C)C(=O)ON=NC(C(C)=O)C(=O)NOC(=O)c2ccc(c(C)c2C)C(=O)ONC1=O. The number of hydrogen-bond acceptors (Lipinski definition) is 16. The minimum Gasteiger partial charge on any atom is -0.335 e. The molecule has 4 aliphatic heterocycles. The van der Waals surface area contributed by atoms with E-state index in [4.69, 9.17) is 19.4 Å². The van der Waals surface area contributed by atoms with E-state index in [1.807, 2.05) is 0 Å². The van der Waals surface area contributed by atoms with Gasteiger partial charge in [-0.15, -0.1) is 10.2 Å². The number of hydroxylamine groups is 2. The van der Waals surface area contributed by atoms with E-state index >= 15 is 0 Å². The fraction of sp³-hybridized carbons (Fsp3) is 0.286. The molecule has 2 atom stereocenters. The predicted molar refractivity (Wildman–Crippen MR) is 148 cm³/mol. The number of amides is 2. The second-order valence-electron chi connectivity index (χ2n) is 9.71. The fourth-order valence-electron chi connectivity index (χ4n) is 3.89. The molecule has 2 aromatic rings. The zero-order chi connectivity index (χ0) is 34.3. The smallest absolute Gasteiger partial charge is 0.335 e. The van der Waals surface area contributed by atoms with Gasteiger partial charge in [0, 0.05) is 10.6 Å². The van der Waals surface area contributed by atoms with Crippen molar-refractivity contribution in [3.63, 3.8) is 0 Å². The van der Waals surface area contributed by atoms with Gasteiger partial charge in [0.1, 0.15) is 0 Å². The highest BCUT2D eigenvalue weighted by Crippen LogP contribution is 2.21. The van der Waals surface area contributed by atoms with Crippen LogP contribution in [-0.4, -0.2) is 59.3 Å². The largest absolute Gasteiger partial charge is 0.367 e. The molecule has 240 valence electrons. The van der Waals surface area contributed by atoms with Crippen molar-refractivity contribution >= 4 is 47.3 Å². The van der Waals surface area contributed by atoms with Gasteiger partial charge in [0.25, 0.3) is 11.8 Å². The quantitative estimate of drug-likeness (QED) is 0.448. The Morgan fingerprint density at radius 1 is 0.543 bits per heavy atom. The standard InChI is InChI=1S/C28H26N6O12/c1-11-12(2)18-8-7-17(11)25(39)43-31-23(37)21(15(5)35)29-33-45-27(41)19-9-10-20(14(4)13(19)3)28(42)46-34-30-22(16(6)36)24(38)32-44-26(18)40/h7-10,21-22H,1-6H3,(H,31,37)(H,32,38). The number of nitrogens with one attached hydrogen (secondary N) is 2. The summed E-state index contributed by atoms with van der Waals surface area (Å²) in [6.07, 6.45) is 0. The van der Waals surface area contributed by atoms with E-state index in [0.717, 1.165) is 26.0 Å². The number of hydrogen-bond donors (Lipinski definition) is 2. The van der Waals surface area contributed by atoms with E-state index in [1.165, 1.54) is 39.8 Å². The Morgan fingerprint density at radius 3 is 1.11 bits per heavy atom. The highest BCUT2D eigenvalue weighted by Gasteiger charge is 2.28. The van der Waals surface area contributed by atoms with Gasteiger partial charge in [0.2, 0.25) is 12.1 Å². The molecular weight excluding hydrogens is 612 g/mol. The maximum absolute atomic E-state index is 12.7. The molecule has 4 heterocycles. The molecule has 18 nitrogen and oxygen atoms in total. The molecule has 2 amide bonds. The van der Waals surface area contributed by atoms with Crippen LogP contribution in [-0.2, 0) is 38.5 Å². The summed E-state index contributed by atoms with van der Waals surface area (Å²) in [5.74, 6) is -8.42. The summed E-state index contributed by atoms with van der Waals surface area (Å²) in [6.45, 7) is 7.80. The Bertz CT molecular complexity index is 1610. The Hall–Kier alpha value is -6.20. The van der Waals surface area contributed by atoms with E-state index < -0.39 is 59.3 Å². The minimum absolute atomic E-state index is 0.0756. The van der Waals surface area contributed by atoms with Crippen molar-refractivity contribution in [2.75, 3.05) is 0 Å². The lowest BCUT2D eigenvalue weighted by Gasteiger charge is -2.14. The van der Waals surface area contributed by atoms with Crippen LogP contribution in [0.4, 0.5) is 0 Å². The topological polar surface area (TPSA) is 247 Å². The van der Waals surface area contributed by atoms with Gasteiger partial charge >= 0.3 is 23.9 Å². The summed E-state index contributed by atoms with van der Waals surface area (Å²) >= 11 is 0. The summed E-state index contributed by atoms with van der Waals surface area (Å²) in [7, 11) is 0. The molecule has 18 heteroatoms. The maximum Gasteiger partial charge on any atom is 0.367 e. The number of carbonyl (C=O) groups is 8. The van der Waals surface area contributed by atoms with Crippen molar-refractivity contribution in [1.29, 1.82) is 0 Å². The number of carbonyl (C=O) groups excluding carboxylic acids is 8. The van der Waals surface area contributed by atoms with Gasteiger partial charge in [0.05, 0.1) is 22.3 Å². The molecule has 2 unspecified atom stereocenters. The zero-order valence-electron chi connectivity index (χ0n) is 25.2. The molecule has 0 radical (unpaired) electrons. The lowest BCUT2D eigenvalue weighted by molar-refractivity contribution is -0.137. The molecule has 0 saturated carbocycles. The van der Waals surface area contributed by atoms with E-state index in [1.54, 1.807) is 11.0 Å². The van der Waals surface area contributed by atoms with E-state index in [-0.39, 0.29) is 44.5 Å². The van der Waals surface area contributed by atoms with Gasteiger partial charge in [-0.2, -0.15) is 11.0 Å². The molecule has 6 rings (SSSR count). The zero-order valence-corrected chi connectivity index (χ0v) is 25.2. The highest BCUT2D eigenvalue weighted by molar-refractivity contribution is 6.06.